The second kappa shape index (κ2) is 11.8. The molecule has 0 aliphatic carbocycles. The summed E-state index contributed by atoms with van der Waals surface area (Å²) in [5.74, 6) is -2.31. The maximum Gasteiger partial charge on any atom is 0.335 e. The largest absolute Gasteiger partial charge is 0.495 e. The normalized spacial score (nSPS) is 22.4. The number of nitrogens with two attached hydrogens (primary N) is 1. The number of hydrogen-bond acceptors (Lipinski definition) is 5. The highest BCUT2D eigenvalue weighted by atomic mass is 35.5. The van der Waals surface area contributed by atoms with Crippen molar-refractivity contribution in [3.05, 3.63) is 93.8 Å². The van der Waals surface area contributed by atoms with Gasteiger partial charge in [0.05, 0.1) is 24.4 Å². The molecule has 1 amide bonds. The van der Waals surface area contributed by atoms with Gasteiger partial charge in [0.15, 0.2) is 0 Å². The minimum atomic E-state index is -1.11. The Morgan fingerprint density at radius 2 is 1.88 bits per heavy atom. The second-order valence-electron chi connectivity index (χ2n) is 11.9. The Morgan fingerprint density at radius 3 is 2.46 bits per heavy atom. The topological polar surface area (TPSA) is 114 Å². The van der Waals surface area contributed by atoms with Gasteiger partial charge < -0.3 is 26.2 Å². The quantitative estimate of drug-likeness (QED) is 0.264. The summed E-state index contributed by atoms with van der Waals surface area (Å²) in [5.41, 5.74) is 8.05. The first-order valence-corrected chi connectivity index (χ1v) is 13.9. The third-order valence-electron chi connectivity index (χ3n) is 7.87. The molecule has 1 saturated heterocycles. The average Bonchev–Trinajstić information content (AvgIpc) is 3.22. The lowest BCUT2D eigenvalue weighted by molar-refractivity contribution is -0.118. The van der Waals surface area contributed by atoms with Crippen molar-refractivity contribution in [3.8, 4) is 5.75 Å². The monoisotopic (exact) mass is 581 g/mol. The van der Waals surface area contributed by atoms with E-state index < -0.39 is 29.2 Å². The molecule has 1 aliphatic rings. The number of amides is 1. The zero-order valence-electron chi connectivity index (χ0n) is 23.9. The highest BCUT2D eigenvalue weighted by Gasteiger charge is 2.59. The number of carboxylic acid groups (broad SMARTS) is 1. The van der Waals surface area contributed by atoms with Crippen molar-refractivity contribution in [2.75, 3.05) is 19.0 Å². The number of halogens is 2. The number of ether oxygens (including phenoxy) is 1. The third kappa shape index (κ3) is 6.10. The number of aryl methyl sites for hydroxylation is 1. The van der Waals surface area contributed by atoms with E-state index in [0.29, 0.717) is 17.7 Å². The highest BCUT2D eigenvalue weighted by molar-refractivity contribution is 6.30. The fraction of sp³-hybridized carbons (Fsp3) is 0.375. The molecule has 0 saturated carbocycles. The first kappa shape index (κ1) is 30.5. The van der Waals surface area contributed by atoms with Crippen LogP contribution in [0.15, 0.2) is 60.7 Å². The van der Waals surface area contributed by atoms with E-state index in [-0.39, 0.29) is 40.2 Å². The minimum absolute atomic E-state index is 0.0297. The lowest BCUT2D eigenvalue weighted by Crippen LogP contribution is -2.50. The Kier molecular flexibility index (Phi) is 8.78. The molecule has 218 valence electrons. The number of aromatic carboxylic acids is 1. The number of rotatable bonds is 8. The molecule has 1 heterocycles. The van der Waals surface area contributed by atoms with E-state index in [2.05, 4.69) is 31.4 Å². The molecule has 41 heavy (non-hydrogen) atoms. The molecule has 0 aromatic heterocycles. The van der Waals surface area contributed by atoms with Gasteiger partial charge in [-0.05, 0) is 60.2 Å². The fourth-order valence-corrected chi connectivity index (χ4v) is 6.31. The molecule has 0 spiro atoms. The predicted octanol–water partition coefficient (Wildman–Crippen LogP) is 5.89. The van der Waals surface area contributed by atoms with Gasteiger partial charge in [0, 0.05) is 28.9 Å². The molecule has 9 heteroatoms. The van der Waals surface area contributed by atoms with Crippen LogP contribution in [0.25, 0.3) is 0 Å². The zero-order chi connectivity index (χ0) is 30.1. The first-order valence-electron chi connectivity index (χ1n) is 13.5. The van der Waals surface area contributed by atoms with Crippen molar-refractivity contribution in [3.63, 3.8) is 0 Å². The van der Waals surface area contributed by atoms with Crippen molar-refractivity contribution in [1.29, 1.82) is 0 Å². The molecule has 1 aliphatic heterocycles. The van der Waals surface area contributed by atoms with Crippen LogP contribution in [0.3, 0.4) is 0 Å². The molecule has 5 N–H and O–H groups in total. The Balaban J connectivity index is 1.90. The summed E-state index contributed by atoms with van der Waals surface area (Å²) in [6, 6.07) is 15.5. The van der Waals surface area contributed by atoms with E-state index in [1.165, 1.54) is 31.4 Å². The van der Waals surface area contributed by atoms with Crippen molar-refractivity contribution in [1.82, 2.24) is 5.32 Å². The van der Waals surface area contributed by atoms with Gasteiger partial charge >= 0.3 is 5.97 Å². The van der Waals surface area contributed by atoms with Crippen molar-refractivity contribution >= 4 is 29.2 Å². The van der Waals surface area contributed by atoms with E-state index >= 15 is 4.39 Å². The molecule has 0 unspecified atom stereocenters. The third-order valence-corrected chi connectivity index (χ3v) is 8.10. The number of nitrogens with one attached hydrogen (secondary N) is 2. The van der Waals surface area contributed by atoms with Crippen LogP contribution in [-0.2, 0) is 10.2 Å². The number of carbonyl (C=O) groups is 2. The lowest BCUT2D eigenvalue weighted by atomic mass is 9.62. The van der Waals surface area contributed by atoms with E-state index in [1.54, 1.807) is 12.1 Å². The minimum Gasteiger partial charge on any atom is -0.495 e. The molecule has 7 nitrogen and oxygen atoms in total. The van der Waals surface area contributed by atoms with Crippen LogP contribution in [0.2, 0.25) is 5.02 Å². The van der Waals surface area contributed by atoms with Gasteiger partial charge in [-0.25, -0.2) is 9.18 Å². The summed E-state index contributed by atoms with van der Waals surface area (Å²) in [4.78, 5) is 25.6. The fourth-order valence-electron chi connectivity index (χ4n) is 6.15. The van der Waals surface area contributed by atoms with Gasteiger partial charge in [0.25, 0.3) is 0 Å². The smallest absolute Gasteiger partial charge is 0.335 e. The van der Waals surface area contributed by atoms with E-state index in [1.807, 2.05) is 31.2 Å². The number of hydrogen-bond donors (Lipinski definition) is 4. The number of carbonyl (C=O) groups excluding carboxylic acids is 1. The molecule has 0 radical (unpaired) electrons. The molecule has 3 aromatic carbocycles. The van der Waals surface area contributed by atoms with Crippen LogP contribution >= 0.6 is 11.6 Å². The van der Waals surface area contributed by atoms with Crippen LogP contribution in [-0.4, -0.2) is 42.7 Å². The maximum absolute atomic E-state index is 15.9. The summed E-state index contributed by atoms with van der Waals surface area (Å²) in [6.45, 7) is 8.32. The van der Waals surface area contributed by atoms with Crippen molar-refractivity contribution < 1.29 is 23.8 Å². The van der Waals surface area contributed by atoms with Crippen LogP contribution in [0, 0.1) is 18.2 Å². The van der Waals surface area contributed by atoms with Gasteiger partial charge in [-0.2, -0.15) is 0 Å². The lowest BCUT2D eigenvalue weighted by Gasteiger charge is -2.42. The van der Waals surface area contributed by atoms with E-state index in [4.69, 9.17) is 22.1 Å². The average molecular weight is 582 g/mol. The summed E-state index contributed by atoms with van der Waals surface area (Å²) < 4.78 is 21.2. The van der Waals surface area contributed by atoms with Gasteiger partial charge in [-0.1, -0.05) is 68.3 Å². The second-order valence-corrected chi connectivity index (χ2v) is 12.4. The molecule has 0 bridgehead atoms. The summed E-state index contributed by atoms with van der Waals surface area (Å²) in [5, 5.41) is 16.1. The number of anilines is 1. The highest BCUT2D eigenvalue weighted by Crippen LogP contribution is 2.52. The molecule has 3 aromatic rings. The van der Waals surface area contributed by atoms with Gasteiger partial charge in [-0.15, -0.1) is 0 Å². The predicted molar refractivity (Wildman–Crippen MR) is 159 cm³/mol. The van der Waals surface area contributed by atoms with Crippen LogP contribution < -0.4 is 21.1 Å². The maximum atomic E-state index is 15.9. The SMILES string of the molecule is COc1cc(C(=O)O)ccc1NC(=O)[C@@H]1N[C@@H](CC(C)(C)C)[C@](CN)(c2ccc(Cl)cc2F)[C@H]1c1cccc(C)c1. The van der Waals surface area contributed by atoms with Gasteiger partial charge in [0.2, 0.25) is 5.91 Å². The van der Waals surface area contributed by atoms with E-state index in [0.717, 1.165) is 11.1 Å². The Morgan fingerprint density at radius 1 is 1.15 bits per heavy atom. The summed E-state index contributed by atoms with van der Waals surface area (Å²) >= 11 is 6.16. The standard InChI is InChI=1S/C32H37ClFN3O4/c1-18-7-6-8-19(13-18)27-28(29(38)36-24-12-9-20(30(39)40)14-25(24)41-5)37-26(16-31(2,3)4)32(27,17-35)22-11-10-21(33)15-23(22)34/h6-15,26-28,37H,16-17,35H2,1-5H3,(H,36,38)(H,39,40)/t26-,27-,28+,32-/m0/s1. The molecule has 1 fully saturated rings. The van der Waals surface area contributed by atoms with Gasteiger partial charge in [-0.3, -0.25) is 4.79 Å². The number of benzene rings is 3. The molecular formula is C32H37ClFN3O4. The van der Waals surface area contributed by atoms with E-state index in [9.17, 15) is 14.7 Å². The van der Waals surface area contributed by atoms with Crippen LogP contribution in [0.1, 0.15) is 60.2 Å². The Labute approximate surface area is 245 Å². The Hall–Kier alpha value is -3.46. The summed E-state index contributed by atoms with van der Waals surface area (Å²) in [7, 11) is 1.40. The molecular weight excluding hydrogens is 545 g/mol. The Bertz CT molecular complexity index is 1460. The summed E-state index contributed by atoms with van der Waals surface area (Å²) in [6.07, 6.45) is 0.606. The van der Waals surface area contributed by atoms with Crippen molar-refractivity contribution in [2.24, 2.45) is 11.1 Å². The van der Waals surface area contributed by atoms with Gasteiger partial charge in [0.1, 0.15) is 11.6 Å². The molecule has 4 atom stereocenters. The van der Waals surface area contributed by atoms with Crippen molar-refractivity contribution in [2.45, 2.75) is 57.5 Å². The zero-order valence-corrected chi connectivity index (χ0v) is 24.7. The number of methoxy groups -OCH3 is 1. The number of carboxylic acids is 1. The molecule has 4 rings (SSSR count). The first-order chi connectivity index (χ1) is 19.3. The van der Waals surface area contributed by atoms with Crippen LogP contribution in [0.4, 0.5) is 10.1 Å². The van der Waals surface area contributed by atoms with Crippen LogP contribution in [0.5, 0.6) is 5.75 Å².